The zero-order valence-electron chi connectivity index (χ0n) is 15.9. The van der Waals surface area contributed by atoms with Crippen LogP contribution in [-0.2, 0) is 16.2 Å². The fourth-order valence-corrected chi connectivity index (χ4v) is 3.16. The smallest absolute Gasteiger partial charge is 0.326 e. The monoisotopic (exact) mass is 414 g/mol. The van der Waals surface area contributed by atoms with Crippen molar-refractivity contribution in [2.75, 3.05) is 13.7 Å². The van der Waals surface area contributed by atoms with Crippen LogP contribution in [0.4, 0.5) is 5.69 Å². The molecule has 2 aromatic rings. The lowest BCUT2D eigenvalue weighted by Crippen LogP contribution is -2.40. The third-order valence-electron chi connectivity index (χ3n) is 4.64. The van der Waals surface area contributed by atoms with Crippen LogP contribution < -0.4 is 9.47 Å². The third kappa shape index (κ3) is 4.22. The molecule has 156 valence electrons. The molecular weight excluding hydrogens is 396 g/mol. The maximum atomic E-state index is 12.9. The van der Waals surface area contributed by atoms with Crippen molar-refractivity contribution >= 4 is 23.3 Å². The standard InChI is InChI=1S/C20H18N2O8/c1-29-17-8-14(19(24)21-10-13(23)7-16(21)20(25)26)15(22(27)28)9-18(17)30-11-12-5-3-2-4-6-12/h2-6,8-9,16H,7,10-11H2,1H3,(H,25,26). The van der Waals surface area contributed by atoms with Crippen LogP contribution in [0.2, 0.25) is 0 Å². The summed E-state index contributed by atoms with van der Waals surface area (Å²) in [6.07, 6.45) is -0.343. The number of methoxy groups -OCH3 is 1. The lowest BCUT2D eigenvalue weighted by Gasteiger charge is -2.21. The topological polar surface area (TPSA) is 136 Å². The maximum Gasteiger partial charge on any atom is 0.326 e. The second kappa shape index (κ2) is 8.60. The van der Waals surface area contributed by atoms with Gasteiger partial charge in [0, 0.05) is 12.5 Å². The van der Waals surface area contributed by atoms with E-state index in [1.807, 2.05) is 30.3 Å². The van der Waals surface area contributed by atoms with Crippen LogP contribution in [0.15, 0.2) is 42.5 Å². The summed E-state index contributed by atoms with van der Waals surface area (Å²) in [4.78, 5) is 47.6. The molecule has 10 nitrogen and oxygen atoms in total. The number of carbonyl (C=O) groups excluding carboxylic acids is 2. The summed E-state index contributed by atoms with van der Waals surface area (Å²) in [5.41, 5.74) is -0.139. The van der Waals surface area contributed by atoms with Crippen LogP contribution in [0.1, 0.15) is 22.3 Å². The average molecular weight is 414 g/mol. The van der Waals surface area contributed by atoms with E-state index in [2.05, 4.69) is 0 Å². The van der Waals surface area contributed by atoms with Crippen molar-refractivity contribution in [3.63, 3.8) is 0 Å². The van der Waals surface area contributed by atoms with Crippen molar-refractivity contribution in [3.05, 3.63) is 63.7 Å². The molecule has 2 aromatic carbocycles. The highest BCUT2D eigenvalue weighted by atomic mass is 16.6. The number of ether oxygens (including phenoxy) is 2. The molecule has 0 saturated carbocycles. The number of carbonyl (C=O) groups is 3. The zero-order chi connectivity index (χ0) is 21.8. The summed E-state index contributed by atoms with van der Waals surface area (Å²) in [5.74, 6) is -2.61. The first-order chi connectivity index (χ1) is 14.3. The minimum atomic E-state index is -1.37. The molecule has 1 amide bonds. The van der Waals surface area contributed by atoms with E-state index in [4.69, 9.17) is 9.47 Å². The molecule has 1 aliphatic rings. The molecule has 1 heterocycles. The van der Waals surface area contributed by atoms with Gasteiger partial charge in [0.1, 0.15) is 18.2 Å². The lowest BCUT2D eigenvalue weighted by molar-refractivity contribution is -0.385. The SMILES string of the molecule is COc1cc(C(=O)N2CC(=O)CC2C(=O)O)c([N+](=O)[O-])cc1OCc1ccccc1. The fraction of sp³-hybridized carbons (Fsp3) is 0.250. The van der Waals surface area contributed by atoms with Crippen molar-refractivity contribution in [1.82, 2.24) is 4.90 Å². The van der Waals surface area contributed by atoms with Gasteiger partial charge in [-0.25, -0.2) is 4.79 Å². The molecule has 1 atom stereocenters. The molecule has 10 heteroatoms. The Bertz CT molecular complexity index is 1010. The third-order valence-corrected chi connectivity index (χ3v) is 4.64. The number of aliphatic carboxylic acids is 1. The average Bonchev–Trinajstić information content (AvgIpc) is 3.13. The number of nitro groups is 1. The molecule has 3 rings (SSSR count). The van der Waals surface area contributed by atoms with Gasteiger partial charge in [0.2, 0.25) is 0 Å². The van der Waals surface area contributed by atoms with Gasteiger partial charge in [-0.05, 0) is 5.56 Å². The van der Waals surface area contributed by atoms with E-state index >= 15 is 0 Å². The Morgan fingerprint density at radius 2 is 1.93 bits per heavy atom. The van der Waals surface area contributed by atoms with Gasteiger partial charge in [0.25, 0.3) is 11.6 Å². The minimum absolute atomic E-state index is 0.0527. The van der Waals surface area contributed by atoms with Gasteiger partial charge >= 0.3 is 5.97 Å². The molecule has 0 radical (unpaired) electrons. The Hall–Kier alpha value is -3.95. The van der Waals surface area contributed by atoms with E-state index in [1.54, 1.807) is 0 Å². The predicted molar refractivity (Wildman–Crippen MR) is 103 cm³/mol. The molecule has 30 heavy (non-hydrogen) atoms. The van der Waals surface area contributed by atoms with Crippen LogP contribution in [0.5, 0.6) is 11.5 Å². The largest absolute Gasteiger partial charge is 0.493 e. The number of carboxylic acid groups (broad SMARTS) is 1. The number of hydrogen-bond donors (Lipinski definition) is 1. The molecule has 0 aromatic heterocycles. The Morgan fingerprint density at radius 1 is 1.23 bits per heavy atom. The quantitative estimate of drug-likeness (QED) is 0.537. The molecule has 1 fully saturated rings. The first-order valence-corrected chi connectivity index (χ1v) is 8.90. The first kappa shape index (κ1) is 20.8. The first-order valence-electron chi connectivity index (χ1n) is 8.90. The Kier molecular flexibility index (Phi) is 5.95. The Balaban J connectivity index is 1.96. The number of amides is 1. The van der Waals surface area contributed by atoms with Gasteiger partial charge in [-0.1, -0.05) is 30.3 Å². The van der Waals surface area contributed by atoms with Gasteiger partial charge in [-0.15, -0.1) is 0 Å². The summed E-state index contributed by atoms with van der Waals surface area (Å²) in [7, 11) is 1.31. The van der Waals surface area contributed by atoms with Crippen molar-refractivity contribution in [2.24, 2.45) is 0 Å². The van der Waals surface area contributed by atoms with Gasteiger partial charge < -0.3 is 19.5 Å². The molecule has 1 N–H and O–H groups in total. The van der Waals surface area contributed by atoms with Gasteiger partial charge in [-0.3, -0.25) is 19.7 Å². The summed E-state index contributed by atoms with van der Waals surface area (Å²) >= 11 is 0. The number of ketones is 1. The second-order valence-electron chi connectivity index (χ2n) is 6.58. The fourth-order valence-electron chi connectivity index (χ4n) is 3.16. The number of Topliss-reactive ketones (excluding diaryl/α,β-unsaturated/α-hetero) is 1. The minimum Gasteiger partial charge on any atom is -0.493 e. The van der Waals surface area contributed by atoms with Crippen LogP contribution in [-0.4, -0.2) is 52.3 Å². The van der Waals surface area contributed by atoms with Crippen LogP contribution in [0, 0.1) is 10.1 Å². The molecule has 1 saturated heterocycles. The molecule has 1 aliphatic heterocycles. The molecular formula is C20H18N2O8. The zero-order valence-corrected chi connectivity index (χ0v) is 15.9. The number of rotatable bonds is 7. The Labute approximate surface area is 170 Å². The number of carboxylic acids is 1. The van der Waals surface area contributed by atoms with E-state index < -0.39 is 40.9 Å². The molecule has 0 bridgehead atoms. The number of nitrogens with zero attached hydrogens (tertiary/aromatic N) is 2. The number of benzene rings is 2. The highest BCUT2D eigenvalue weighted by molar-refractivity contribution is 6.05. The van der Waals surface area contributed by atoms with Crippen LogP contribution in [0.25, 0.3) is 0 Å². The van der Waals surface area contributed by atoms with Gasteiger partial charge in [0.05, 0.1) is 24.6 Å². The van der Waals surface area contributed by atoms with E-state index in [0.29, 0.717) is 0 Å². The number of likely N-dealkylation sites (tertiary alicyclic amines) is 1. The summed E-state index contributed by atoms with van der Waals surface area (Å²) < 4.78 is 10.9. The maximum absolute atomic E-state index is 12.9. The van der Waals surface area contributed by atoms with Crippen molar-refractivity contribution in [3.8, 4) is 11.5 Å². The molecule has 0 spiro atoms. The van der Waals surface area contributed by atoms with Crippen molar-refractivity contribution in [1.29, 1.82) is 0 Å². The summed E-state index contributed by atoms with van der Waals surface area (Å²) in [5, 5.41) is 20.9. The molecule has 0 aliphatic carbocycles. The highest BCUT2D eigenvalue weighted by Gasteiger charge is 2.41. The predicted octanol–water partition coefficient (Wildman–Crippen LogP) is 2.05. The highest BCUT2D eigenvalue weighted by Crippen LogP contribution is 2.36. The van der Waals surface area contributed by atoms with Crippen molar-refractivity contribution < 1.29 is 33.9 Å². The summed E-state index contributed by atoms with van der Waals surface area (Å²) in [6.45, 7) is -0.315. The Morgan fingerprint density at radius 3 is 2.53 bits per heavy atom. The number of hydrogen-bond acceptors (Lipinski definition) is 7. The van der Waals surface area contributed by atoms with Crippen LogP contribution in [0.3, 0.4) is 0 Å². The van der Waals surface area contributed by atoms with E-state index in [0.717, 1.165) is 22.6 Å². The van der Waals surface area contributed by atoms with E-state index in [-0.39, 0.29) is 30.1 Å². The number of nitro benzene ring substituents is 1. The second-order valence-corrected chi connectivity index (χ2v) is 6.58. The van der Waals surface area contributed by atoms with Crippen LogP contribution >= 0.6 is 0 Å². The van der Waals surface area contributed by atoms with Crippen molar-refractivity contribution in [2.45, 2.75) is 19.1 Å². The molecule has 1 unspecified atom stereocenters. The van der Waals surface area contributed by atoms with Gasteiger partial charge in [0.15, 0.2) is 17.3 Å². The normalized spacial score (nSPS) is 15.7. The summed E-state index contributed by atoms with van der Waals surface area (Å²) in [6, 6.07) is 9.91. The van der Waals surface area contributed by atoms with E-state index in [1.165, 1.54) is 7.11 Å². The van der Waals surface area contributed by atoms with Gasteiger partial charge in [-0.2, -0.15) is 0 Å². The lowest BCUT2D eigenvalue weighted by atomic mass is 10.1. The van der Waals surface area contributed by atoms with E-state index in [9.17, 15) is 29.6 Å².